The topological polar surface area (TPSA) is 17.1 Å². The lowest BCUT2D eigenvalue weighted by atomic mass is 10.2. The molecule has 1 saturated heterocycles. The number of hydrogen-bond donors (Lipinski definition) is 0. The molecule has 1 heterocycles. The summed E-state index contributed by atoms with van der Waals surface area (Å²) in [4.78, 5) is 10.6. The Bertz CT molecular complexity index is 100. The van der Waals surface area contributed by atoms with Crippen molar-refractivity contribution < 1.29 is 4.79 Å². The van der Waals surface area contributed by atoms with Crippen LogP contribution in [0.15, 0.2) is 0 Å². The van der Waals surface area contributed by atoms with Gasteiger partial charge in [0.1, 0.15) is 5.78 Å². The van der Waals surface area contributed by atoms with E-state index in [0.29, 0.717) is 16.3 Å². The number of rotatable bonds is 0. The van der Waals surface area contributed by atoms with Gasteiger partial charge in [0.15, 0.2) is 0 Å². The molecule has 0 atom stereocenters. The first-order valence-electron chi connectivity index (χ1n) is 2.78. The minimum absolute atomic E-state index is 0.318. The summed E-state index contributed by atoms with van der Waals surface area (Å²) in [6, 6.07) is 0. The van der Waals surface area contributed by atoms with E-state index in [1.54, 1.807) is 0 Å². The van der Waals surface area contributed by atoms with Crippen LogP contribution >= 0.6 is 10.5 Å². The first-order valence-corrected chi connectivity index (χ1v) is 4.51. The van der Waals surface area contributed by atoms with Crippen molar-refractivity contribution in [3.8, 4) is 0 Å². The van der Waals surface area contributed by atoms with Crippen LogP contribution in [0.25, 0.3) is 0 Å². The Labute approximate surface area is 52.0 Å². The van der Waals surface area contributed by atoms with E-state index in [-0.39, 0.29) is 0 Å². The van der Waals surface area contributed by atoms with Crippen LogP contribution in [0.3, 0.4) is 0 Å². The summed E-state index contributed by atoms with van der Waals surface area (Å²) in [5.74, 6) is 6.42. The maximum atomic E-state index is 10.6. The van der Waals surface area contributed by atoms with Gasteiger partial charge in [-0.1, -0.05) is 5.87 Å². The second kappa shape index (κ2) is 2.44. The first-order chi connectivity index (χ1) is 3.79. The van der Waals surface area contributed by atoms with E-state index < -0.39 is 0 Å². The fraction of sp³-hybridized carbons (Fsp3) is 0.667. The maximum Gasteiger partial charge on any atom is 0.134 e. The molecule has 1 nitrogen and oxygen atoms in total. The van der Waals surface area contributed by atoms with Crippen LogP contribution in [0, 0.1) is 0 Å². The van der Waals surface area contributed by atoms with E-state index >= 15 is 0 Å². The van der Waals surface area contributed by atoms with Crippen molar-refractivity contribution in [1.29, 1.82) is 0 Å². The summed E-state index contributed by atoms with van der Waals surface area (Å²) >= 11 is 0. The summed E-state index contributed by atoms with van der Waals surface area (Å²) in [5, 5.41) is 0. The third-order valence-electron chi connectivity index (χ3n) is 1.34. The van der Waals surface area contributed by atoms with Crippen molar-refractivity contribution in [3.05, 3.63) is 0 Å². The average molecular weight is 130 g/mol. The Kier molecular flexibility index (Phi) is 1.84. The second-order valence-electron chi connectivity index (χ2n) is 2.06. The summed E-state index contributed by atoms with van der Waals surface area (Å²) in [5.41, 5.74) is 0. The zero-order valence-electron chi connectivity index (χ0n) is 4.85. The highest BCUT2D eigenvalue weighted by molar-refractivity contribution is 8.14. The number of carbonyl (C=O) groups is 1. The zero-order chi connectivity index (χ0) is 5.98. The molecule has 0 aliphatic carbocycles. The van der Waals surface area contributed by atoms with Crippen molar-refractivity contribution in [2.24, 2.45) is 0 Å². The van der Waals surface area contributed by atoms with Crippen molar-refractivity contribution in [3.63, 3.8) is 0 Å². The molecule has 1 rings (SSSR count). The minimum atomic E-state index is 0.318. The molecule has 0 unspecified atom stereocenters. The Morgan fingerprint density at radius 2 is 1.88 bits per heavy atom. The summed E-state index contributed by atoms with van der Waals surface area (Å²) in [6.07, 6.45) is 1.57. The Morgan fingerprint density at radius 3 is 2.25 bits per heavy atom. The molecule has 8 heavy (non-hydrogen) atoms. The van der Waals surface area contributed by atoms with Gasteiger partial charge in [0.2, 0.25) is 0 Å². The molecule has 0 aromatic heterocycles. The van der Waals surface area contributed by atoms with Crippen molar-refractivity contribution >= 4 is 22.1 Å². The third kappa shape index (κ3) is 1.44. The molecular formula is C6H10OS. The van der Waals surface area contributed by atoms with Crippen LogP contribution in [-0.4, -0.2) is 23.2 Å². The van der Waals surface area contributed by atoms with Crippen molar-refractivity contribution in [1.82, 2.24) is 0 Å². The van der Waals surface area contributed by atoms with E-state index in [4.69, 9.17) is 0 Å². The molecule has 0 aromatic rings. The highest BCUT2D eigenvalue weighted by Crippen LogP contribution is 2.18. The van der Waals surface area contributed by atoms with Crippen LogP contribution in [0.2, 0.25) is 0 Å². The van der Waals surface area contributed by atoms with E-state index in [0.717, 1.165) is 24.3 Å². The molecule has 46 valence electrons. The quantitative estimate of drug-likeness (QED) is 0.448. The largest absolute Gasteiger partial charge is 0.300 e. The van der Waals surface area contributed by atoms with Gasteiger partial charge in [0.05, 0.1) is 0 Å². The lowest BCUT2D eigenvalue weighted by molar-refractivity contribution is -0.118. The molecule has 0 spiro atoms. The fourth-order valence-corrected chi connectivity index (χ4v) is 1.98. The lowest BCUT2D eigenvalue weighted by Crippen LogP contribution is -2.08. The van der Waals surface area contributed by atoms with E-state index in [2.05, 4.69) is 5.87 Å². The minimum Gasteiger partial charge on any atom is -0.300 e. The molecular weight excluding hydrogens is 120 g/mol. The summed E-state index contributed by atoms with van der Waals surface area (Å²) in [6.45, 7) is 0. The molecule has 0 bridgehead atoms. The SMILES string of the molecule is C=S1CCC(=O)CC1. The van der Waals surface area contributed by atoms with Gasteiger partial charge < -0.3 is 0 Å². The van der Waals surface area contributed by atoms with Crippen LogP contribution in [0.4, 0.5) is 0 Å². The van der Waals surface area contributed by atoms with Gasteiger partial charge in [-0.25, -0.2) is 0 Å². The molecule has 0 aromatic carbocycles. The number of Topliss-reactive ketones (excluding diaryl/α,β-unsaturated/α-hetero) is 1. The molecule has 0 saturated carbocycles. The summed E-state index contributed by atoms with van der Waals surface area (Å²) < 4.78 is 0. The van der Waals surface area contributed by atoms with Gasteiger partial charge in [-0.15, -0.1) is 0 Å². The van der Waals surface area contributed by atoms with Crippen molar-refractivity contribution in [2.75, 3.05) is 11.5 Å². The fourth-order valence-electron chi connectivity index (χ4n) is 0.743. The highest BCUT2D eigenvalue weighted by Gasteiger charge is 2.08. The molecule has 0 amide bonds. The van der Waals surface area contributed by atoms with E-state index in [1.807, 2.05) is 0 Å². The van der Waals surface area contributed by atoms with E-state index in [1.165, 1.54) is 0 Å². The molecule has 0 radical (unpaired) electrons. The normalized spacial score (nSPS) is 23.8. The Morgan fingerprint density at radius 1 is 1.38 bits per heavy atom. The van der Waals surface area contributed by atoms with Gasteiger partial charge in [-0.3, -0.25) is 4.79 Å². The molecule has 2 heteroatoms. The Balaban J connectivity index is 2.40. The molecule has 1 fully saturated rings. The maximum absolute atomic E-state index is 10.6. The van der Waals surface area contributed by atoms with Gasteiger partial charge >= 0.3 is 0 Å². The first kappa shape index (κ1) is 6.02. The molecule has 1 aliphatic heterocycles. The predicted molar refractivity (Wildman–Crippen MR) is 38.7 cm³/mol. The van der Waals surface area contributed by atoms with Crippen molar-refractivity contribution in [2.45, 2.75) is 12.8 Å². The van der Waals surface area contributed by atoms with Crippen LogP contribution < -0.4 is 0 Å². The second-order valence-corrected chi connectivity index (χ2v) is 4.10. The van der Waals surface area contributed by atoms with Crippen LogP contribution in [0.1, 0.15) is 12.8 Å². The monoisotopic (exact) mass is 130 g/mol. The molecule has 0 N–H and O–H groups in total. The summed E-state index contributed by atoms with van der Waals surface area (Å²) in [7, 11) is 0.318. The van der Waals surface area contributed by atoms with Gasteiger partial charge in [-0.2, -0.15) is 10.5 Å². The number of carbonyl (C=O) groups excluding carboxylic acids is 1. The predicted octanol–water partition coefficient (Wildman–Crippen LogP) is 1.05. The number of hydrogen-bond acceptors (Lipinski definition) is 1. The average Bonchev–Trinajstić information content (AvgIpc) is 1.77. The highest BCUT2D eigenvalue weighted by atomic mass is 32.2. The zero-order valence-corrected chi connectivity index (χ0v) is 5.67. The van der Waals surface area contributed by atoms with Gasteiger partial charge in [0, 0.05) is 12.8 Å². The smallest absolute Gasteiger partial charge is 0.134 e. The standard InChI is InChI=1S/C6H10OS/c1-8-4-2-6(7)3-5-8/h1-5H2. The van der Waals surface area contributed by atoms with E-state index in [9.17, 15) is 4.79 Å². The lowest BCUT2D eigenvalue weighted by Gasteiger charge is -2.11. The van der Waals surface area contributed by atoms with Crippen LogP contribution in [-0.2, 0) is 4.79 Å². The third-order valence-corrected chi connectivity index (χ3v) is 2.90. The van der Waals surface area contributed by atoms with Gasteiger partial charge in [-0.05, 0) is 11.5 Å². The van der Waals surface area contributed by atoms with Crippen LogP contribution in [0.5, 0.6) is 0 Å². The molecule has 1 aliphatic rings. The Hall–Kier alpha value is -0.110. The van der Waals surface area contributed by atoms with Gasteiger partial charge in [0.25, 0.3) is 0 Å². The number of ketones is 1.